The number of nitrogens with two attached hydrogens (primary N) is 1. The molecule has 2 aromatic carbocycles. The first-order valence-corrected chi connectivity index (χ1v) is 8.29. The lowest BCUT2D eigenvalue weighted by atomic mass is 10.2. The predicted octanol–water partition coefficient (Wildman–Crippen LogP) is 6.56. The molecule has 3 nitrogen and oxygen atoms in total. The van der Waals surface area contributed by atoms with Crippen molar-refractivity contribution in [1.29, 1.82) is 0 Å². The van der Waals surface area contributed by atoms with Crippen LogP contribution in [0.5, 0.6) is 0 Å². The molecule has 21 heavy (non-hydrogen) atoms. The first-order chi connectivity index (χ1) is 9.88. The Hall–Kier alpha value is -0.460. The van der Waals surface area contributed by atoms with E-state index < -0.39 is 0 Å². The van der Waals surface area contributed by atoms with Crippen LogP contribution < -0.4 is 5.73 Å². The fraction of sp³-hybridized carbons (Fsp3) is 0. The van der Waals surface area contributed by atoms with E-state index in [1.807, 2.05) is 0 Å². The molecule has 0 fully saturated rings. The van der Waals surface area contributed by atoms with Crippen molar-refractivity contribution in [2.45, 2.75) is 0 Å². The fourth-order valence-corrected chi connectivity index (χ4v) is 3.58. The molecule has 0 saturated carbocycles. The van der Waals surface area contributed by atoms with Crippen LogP contribution in [0.25, 0.3) is 22.6 Å². The average Bonchev–Trinajstić information content (AvgIpc) is 2.85. The Labute approximate surface area is 151 Å². The monoisotopic (exact) mass is 468 g/mol. The van der Waals surface area contributed by atoms with Crippen molar-refractivity contribution in [2.24, 2.45) is 0 Å². The number of nitrogen functional groups attached to an aromatic ring is 1. The van der Waals surface area contributed by atoms with E-state index in [1.165, 1.54) is 0 Å². The Balaban J connectivity index is 2.25. The standard InChI is InChI=1S/C13H5Br2Cl3N2O/c14-5-3-8-12(9(15)11(5)19)20-13(21-8)4-1-6(16)10(18)7(17)2-4/h1-3H,19H2. The van der Waals surface area contributed by atoms with Crippen LogP contribution in [0, 0.1) is 0 Å². The van der Waals surface area contributed by atoms with Gasteiger partial charge in [-0.3, -0.25) is 0 Å². The average molecular weight is 471 g/mol. The van der Waals surface area contributed by atoms with Crippen molar-refractivity contribution in [3.63, 3.8) is 0 Å². The summed E-state index contributed by atoms with van der Waals surface area (Å²) in [6, 6.07) is 5.05. The third-order valence-corrected chi connectivity index (χ3v) is 5.50. The summed E-state index contributed by atoms with van der Waals surface area (Å²) in [5, 5.41) is 0.966. The van der Waals surface area contributed by atoms with E-state index in [-0.39, 0.29) is 0 Å². The van der Waals surface area contributed by atoms with E-state index in [4.69, 9.17) is 45.0 Å². The molecule has 3 rings (SSSR count). The van der Waals surface area contributed by atoms with E-state index in [9.17, 15) is 0 Å². The van der Waals surface area contributed by atoms with Gasteiger partial charge in [0.05, 0.1) is 25.2 Å². The molecule has 2 N–H and O–H groups in total. The van der Waals surface area contributed by atoms with Gasteiger partial charge in [-0.15, -0.1) is 0 Å². The molecule has 0 bridgehead atoms. The number of rotatable bonds is 1. The molecule has 0 aliphatic carbocycles. The van der Waals surface area contributed by atoms with E-state index in [2.05, 4.69) is 36.8 Å². The lowest BCUT2D eigenvalue weighted by Crippen LogP contribution is -1.88. The molecule has 1 aromatic heterocycles. The predicted molar refractivity (Wildman–Crippen MR) is 94.3 cm³/mol. The molecule has 0 aliphatic rings. The summed E-state index contributed by atoms with van der Waals surface area (Å²) in [4.78, 5) is 4.42. The molecule has 0 atom stereocenters. The van der Waals surface area contributed by atoms with E-state index in [1.54, 1.807) is 18.2 Å². The lowest BCUT2D eigenvalue weighted by Gasteiger charge is -2.01. The molecule has 0 amide bonds. The van der Waals surface area contributed by atoms with Crippen LogP contribution in [0.4, 0.5) is 5.69 Å². The van der Waals surface area contributed by atoms with Crippen LogP contribution in [0.3, 0.4) is 0 Å². The van der Waals surface area contributed by atoms with Crippen molar-refractivity contribution in [2.75, 3.05) is 5.73 Å². The van der Waals surface area contributed by atoms with Crippen molar-refractivity contribution >= 4 is 83.4 Å². The fourth-order valence-electron chi connectivity index (χ4n) is 1.81. The quantitative estimate of drug-likeness (QED) is 0.323. The SMILES string of the molecule is Nc1c(Br)cc2oc(-c3cc(Cl)c(Cl)c(Cl)c3)nc2c1Br. The maximum absolute atomic E-state index is 6.03. The number of hydrogen-bond donors (Lipinski definition) is 1. The van der Waals surface area contributed by atoms with E-state index >= 15 is 0 Å². The Morgan fingerprint density at radius 3 is 2.29 bits per heavy atom. The van der Waals surface area contributed by atoms with Crippen LogP contribution in [0.2, 0.25) is 15.1 Å². The molecule has 0 saturated heterocycles. The van der Waals surface area contributed by atoms with E-state index in [0.29, 0.717) is 47.8 Å². The van der Waals surface area contributed by atoms with Crippen molar-refractivity contribution < 1.29 is 4.42 Å². The minimum atomic E-state index is 0.298. The Morgan fingerprint density at radius 2 is 1.67 bits per heavy atom. The Bertz CT molecular complexity index is 856. The second-order valence-corrected chi connectivity index (χ2v) is 7.05. The van der Waals surface area contributed by atoms with Crippen molar-refractivity contribution in [1.82, 2.24) is 4.98 Å². The number of oxazole rings is 1. The molecular formula is C13H5Br2Cl3N2O. The van der Waals surface area contributed by atoms with Gasteiger partial charge in [0.1, 0.15) is 5.52 Å². The van der Waals surface area contributed by atoms with Gasteiger partial charge in [-0.2, -0.15) is 0 Å². The van der Waals surface area contributed by atoms with Crippen LogP contribution in [-0.2, 0) is 0 Å². The zero-order valence-corrected chi connectivity index (χ0v) is 15.5. The number of aromatic nitrogens is 1. The largest absolute Gasteiger partial charge is 0.436 e. The molecule has 0 radical (unpaired) electrons. The van der Waals surface area contributed by atoms with E-state index in [0.717, 1.165) is 4.47 Å². The number of benzene rings is 2. The zero-order chi connectivity index (χ0) is 15.3. The van der Waals surface area contributed by atoms with Gasteiger partial charge in [0.25, 0.3) is 0 Å². The lowest BCUT2D eigenvalue weighted by molar-refractivity contribution is 0.619. The van der Waals surface area contributed by atoms with Gasteiger partial charge in [0.2, 0.25) is 5.89 Å². The number of anilines is 1. The molecule has 1 heterocycles. The third-order valence-electron chi connectivity index (χ3n) is 2.84. The van der Waals surface area contributed by atoms with Crippen LogP contribution in [-0.4, -0.2) is 4.98 Å². The van der Waals surface area contributed by atoms with Gasteiger partial charge in [0, 0.05) is 10.0 Å². The Morgan fingerprint density at radius 1 is 1.05 bits per heavy atom. The normalized spacial score (nSPS) is 11.3. The summed E-state index contributed by atoms with van der Waals surface area (Å²) in [6.45, 7) is 0. The summed E-state index contributed by atoms with van der Waals surface area (Å²) < 4.78 is 7.11. The van der Waals surface area contributed by atoms with Gasteiger partial charge in [-0.1, -0.05) is 34.8 Å². The summed E-state index contributed by atoms with van der Waals surface area (Å²) in [5.74, 6) is 0.378. The molecule has 3 aromatic rings. The number of hydrogen-bond acceptors (Lipinski definition) is 3. The van der Waals surface area contributed by atoms with Crippen LogP contribution >= 0.6 is 66.7 Å². The van der Waals surface area contributed by atoms with Gasteiger partial charge < -0.3 is 10.2 Å². The van der Waals surface area contributed by atoms with Gasteiger partial charge in [-0.05, 0) is 50.1 Å². The van der Waals surface area contributed by atoms with Crippen molar-refractivity contribution in [3.05, 3.63) is 42.2 Å². The highest BCUT2D eigenvalue weighted by atomic mass is 79.9. The minimum Gasteiger partial charge on any atom is -0.436 e. The minimum absolute atomic E-state index is 0.298. The highest BCUT2D eigenvalue weighted by Crippen LogP contribution is 2.39. The van der Waals surface area contributed by atoms with Gasteiger partial charge >= 0.3 is 0 Å². The molecule has 0 aliphatic heterocycles. The third kappa shape index (κ3) is 2.66. The summed E-state index contributed by atoms with van der Waals surface area (Å²) >= 11 is 24.8. The molecule has 108 valence electrons. The highest BCUT2D eigenvalue weighted by molar-refractivity contribution is 9.11. The molecule has 8 heteroatoms. The zero-order valence-electron chi connectivity index (χ0n) is 10.1. The number of fused-ring (bicyclic) bond motifs is 1. The maximum Gasteiger partial charge on any atom is 0.227 e. The summed E-state index contributed by atoms with van der Waals surface area (Å²) in [7, 11) is 0. The first-order valence-electron chi connectivity index (χ1n) is 5.57. The molecule has 0 spiro atoms. The molecular weight excluding hydrogens is 466 g/mol. The Kier molecular flexibility index (Phi) is 4.14. The smallest absolute Gasteiger partial charge is 0.227 e. The summed E-state index contributed by atoms with van der Waals surface area (Å²) in [6.07, 6.45) is 0. The number of nitrogens with zero attached hydrogens (tertiary/aromatic N) is 1. The summed E-state index contributed by atoms with van der Waals surface area (Å²) in [5.41, 5.74) is 8.31. The second-order valence-electron chi connectivity index (χ2n) is 4.21. The van der Waals surface area contributed by atoms with Gasteiger partial charge in [0.15, 0.2) is 5.58 Å². The second kappa shape index (κ2) is 5.63. The topological polar surface area (TPSA) is 52.0 Å². The van der Waals surface area contributed by atoms with Crippen LogP contribution in [0.15, 0.2) is 31.6 Å². The highest BCUT2D eigenvalue weighted by Gasteiger charge is 2.16. The maximum atomic E-state index is 6.03. The number of halogens is 5. The molecule has 0 unspecified atom stereocenters. The van der Waals surface area contributed by atoms with Crippen molar-refractivity contribution in [3.8, 4) is 11.5 Å². The first kappa shape index (κ1) is 15.4. The van der Waals surface area contributed by atoms with Gasteiger partial charge in [-0.25, -0.2) is 4.98 Å². The van der Waals surface area contributed by atoms with Crippen LogP contribution in [0.1, 0.15) is 0 Å².